The van der Waals surface area contributed by atoms with E-state index in [1.54, 1.807) is 6.07 Å². The van der Waals surface area contributed by atoms with Gasteiger partial charge >= 0.3 is 0 Å². The first-order valence-electron chi connectivity index (χ1n) is 8.27. The van der Waals surface area contributed by atoms with Gasteiger partial charge in [-0.1, -0.05) is 19.0 Å². The Labute approximate surface area is 144 Å². The van der Waals surface area contributed by atoms with E-state index in [0.717, 1.165) is 16.5 Å². The molecule has 2 N–H and O–H groups in total. The van der Waals surface area contributed by atoms with Gasteiger partial charge in [0.05, 0.1) is 0 Å². The molecule has 25 heavy (non-hydrogen) atoms. The average molecular weight is 344 g/mol. The van der Waals surface area contributed by atoms with E-state index in [1.807, 2.05) is 6.20 Å². The summed E-state index contributed by atoms with van der Waals surface area (Å²) in [6.07, 6.45) is 2.94. The van der Waals surface area contributed by atoms with Crippen molar-refractivity contribution in [2.45, 2.75) is 39.7 Å². The summed E-state index contributed by atoms with van der Waals surface area (Å²) in [5, 5.41) is 7.65. The highest BCUT2D eigenvalue weighted by Crippen LogP contribution is 2.23. The number of aromatic nitrogens is 3. The predicted octanol–water partition coefficient (Wildman–Crippen LogP) is 3.50. The van der Waals surface area contributed by atoms with E-state index in [1.165, 1.54) is 19.1 Å². The summed E-state index contributed by atoms with van der Waals surface area (Å²) >= 11 is 0. The number of halogens is 1. The zero-order valence-electron chi connectivity index (χ0n) is 14.5. The number of carbonyl (C=O) groups excluding carboxylic acids is 1. The molecule has 7 heteroatoms. The van der Waals surface area contributed by atoms with Crippen LogP contribution in [-0.4, -0.2) is 21.0 Å². The van der Waals surface area contributed by atoms with Crippen LogP contribution in [0.25, 0.3) is 10.9 Å². The van der Waals surface area contributed by atoms with Gasteiger partial charge in [-0.05, 0) is 36.1 Å². The lowest BCUT2D eigenvalue weighted by atomic mass is 10.0. The highest BCUT2D eigenvalue weighted by Gasteiger charge is 2.21. The Balaban J connectivity index is 1.82. The Morgan fingerprint density at radius 2 is 2.20 bits per heavy atom. The molecule has 2 heterocycles. The Kier molecular flexibility index (Phi) is 4.83. The third kappa shape index (κ3) is 4.04. The second-order valence-electron chi connectivity index (χ2n) is 6.61. The average Bonchev–Trinajstić information content (AvgIpc) is 3.14. The minimum absolute atomic E-state index is 0.141. The minimum atomic E-state index is -0.306. The van der Waals surface area contributed by atoms with Crippen LogP contribution in [0.2, 0.25) is 0 Å². The van der Waals surface area contributed by atoms with Crippen molar-refractivity contribution in [1.29, 1.82) is 0 Å². The summed E-state index contributed by atoms with van der Waals surface area (Å²) in [7, 11) is 0. The molecule has 1 aromatic carbocycles. The van der Waals surface area contributed by atoms with E-state index in [-0.39, 0.29) is 17.8 Å². The van der Waals surface area contributed by atoms with Crippen molar-refractivity contribution in [2.75, 3.05) is 0 Å². The molecule has 0 saturated heterocycles. The highest BCUT2D eigenvalue weighted by molar-refractivity contribution is 5.83. The Hall–Kier alpha value is -2.70. The lowest BCUT2D eigenvalue weighted by molar-refractivity contribution is -0.120. The number of amides is 1. The molecule has 0 spiro atoms. The van der Waals surface area contributed by atoms with Crippen molar-refractivity contribution in [3.05, 3.63) is 47.5 Å². The second kappa shape index (κ2) is 7.04. The standard InChI is InChI=1S/C18H21FN4O2/c1-10(2)6-16(21-11(3)24)18-22-17(23-25-18)7-12-9-20-15-5-4-13(19)8-14(12)15/h4-5,8-10,16,20H,6-7H2,1-3H3,(H,21,24)/t16-/m0/s1. The lowest BCUT2D eigenvalue weighted by Gasteiger charge is -2.15. The first-order chi connectivity index (χ1) is 11.9. The van der Waals surface area contributed by atoms with Crippen molar-refractivity contribution in [3.8, 4) is 0 Å². The molecule has 0 radical (unpaired) electrons. The fourth-order valence-corrected chi connectivity index (χ4v) is 2.89. The Morgan fingerprint density at radius 1 is 1.40 bits per heavy atom. The minimum Gasteiger partial charge on any atom is -0.361 e. The maximum atomic E-state index is 13.5. The summed E-state index contributed by atoms with van der Waals surface area (Å²) in [6, 6.07) is 4.30. The number of fused-ring (bicyclic) bond motifs is 1. The monoisotopic (exact) mass is 344 g/mol. The van der Waals surface area contributed by atoms with E-state index in [9.17, 15) is 9.18 Å². The molecule has 3 aromatic rings. The van der Waals surface area contributed by atoms with Gasteiger partial charge in [-0.15, -0.1) is 0 Å². The summed E-state index contributed by atoms with van der Waals surface area (Å²) in [4.78, 5) is 18.9. The van der Waals surface area contributed by atoms with Crippen molar-refractivity contribution in [3.63, 3.8) is 0 Å². The summed E-state index contributed by atoms with van der Waals surface area (Å²) in [5.74, 6) is 0.829. The van der Waals surface area contributed by atoms with Crippen LogP contribution in [0.3, 0.4) is 0 Å². The van der Waals surface area contributed by atoms with Crippen LogP contribution in [0.1, 0.15) is 50.5 Å². The van der Waals surface area contributed by atoms with Gasteiger partial charge in [-0.2, -0.15) is 4.98 Å². The number of rotatable bonds is 6. The number of nitrogens with zero attached hydrogens (tertiary/aromatic N) is 2. The molecule has 0 aliphatic rings. The van der Waals surface area contributed by atoms with E-state index < -0.39 is 0 Å². The molecule has 0 bridgehead atoms. The van der Waals surface area contributed by atoms with Gasteiger partial charge in [-0.25, -0.2) is 4.39 Å². The Bertz CT molecular complexity index is 884. The second-order valence-corrected chi connectivity index (χ2v) is 6.61. The van der Waals surface area contributed by atoms with Gasteiger partial charge < -0.3 is 14.8 Å². The first kappa shape index (κ1) is 17.1. The molecule has 6 nitrogen and oxygen atoms in total. The van der Waals surface area contributed by atoms with Crippen molar-refractivity contribution in [2.24, 2.45) is 5.92 Å². The van der Waals surface area contributed by atoms with Gasteiger partial charge in [0.1, 0.15) is 11.9 Å². The van der Waals surface area contributed by atoms with Crippen LogP contribution in [0.5, 0.6) is 0 Å². The van der Waals surface area contributed by atoms with Crippen molar-refractivity contribution >= 4 is 16.8 Å². The largest absolute Gasteiger partial charge is 0.361 e. The topological polar surface area (TPSA) is 83.8 Å². The first-order valence-corrected chi connectivity index (χ1v) is 8.27. The third-order valence-electron chi connectivity index (χ3n) is 3.94. The molecule has 0 aliphatic carbocycles. The smallest absolute Gasteiger partial charge is 0.249 e. The zero-order chi connectivity index (χ0) is 18.0. The van der Waals surface area contributed by atoms with Crippen molar-refractivity contribution in [1.82, 2.24) is 20.4 Å². The van der Waals surface area contributed by atoms with Crippen LogP contribution < -0.4 is 5.32 Å². The number of H-pyrrole nitrogens is 1. The van der Waals surface area contributed by atoms with Crippen LogP contribution in [0.15, 0.2) is 28.9 Å². The summed E-state index contributed by atoms with van der Waals surface area (Å²) in [6.45, 7) is 5.59. The molecule has 0 fully saturated rings. The highest BCUT2D eigenvalue weighted by atomic mass is 19.1. The van der Waals surface area contributed by atoms with Gasteiger partial charge in [0, 0.05) is 30.4 Å². The molecular formula is C18H21FN4O2. The number of hydrogen-bond acceptors (Lipinski definition) is 4. The number of nitrogens with one attached hydrogen (secondary N) is 2. The molecule has 132 valence electrons. The molecule has 3 rings (SSSR count). The van der Waals surface area contributed by atoms with Gasteiger partial charge in [0.25, 0.3) is 0 Å². The van der Waals surface area contributed by atoms with Gasteiger partial charge in [0.2, 0.25) is 11.8 Å². The lowest BCUT2D eigenvalue weighted by Crippen LogP contribution is -2.27. The van der Waals surface area contributed by atoms with Crippen LogP contribution in [0, 0.1) is 11.7 Å². The fraction of sp³-hybridized carbons (Fsp3) is 0.389. The molecule has 0 aliphatic heterocycles. The normalized spacial score (nSPS) is 12.7. The number of hydrogen-bond donors (Lipinski definition) is 2. The third-order valence-corrected chi connectivity index (χ3v) is 3.94. The van der Waals surface area contributed by atoms with Crippen molar-refractivity contribution < 1.29 is 13.7 Å². The Morgan fingerprint density at radius 3 is 2.92 bits per heavy atom. The quantitative estimate of drug-likeness (QED) is 0.717. The maximum absolute atomic E-state index is 13.5. The predicted molar refractivity (Wildman–Crippen MR) is 91.4 cm³/mol. The van der Waals surface area contributed by atoms with Gasteiger partial charge in [0.15, 0.2) is 5.82 Å². The van der Waals surface area contributed by atoms with Crippen LogP contribution in [-0.2, 0) is 11.2 Å². The number of aromatic amines is 1. The summed E-state index contributed by atoms with van der Waals surface area (Å²) < 4.78 is 18.8. The molecule has 0 saturated carbocycles. The SMILES string of the molecule is CC(=O)N[C@@H](CC(C)C)c1nc(Cc2c[nH]c3ccc(F)cc23)no1. The van der Waals surface area contributed by atoms with E-state index >= 15 is 0 Å². The van der Waals surface area contributed by atoms with E-state index in [0.29, 0.717) is 30.5 Å². The molecule has 0 unspecified atom stereocenters. The molecule has 2 aromatic heterocycles. The number of carbonyl (C=O) groups is 1. The molecule has 1 atom stereocenters. The maximum Gasteiger partial charge on any atom is 0.249 e. The van der Waals surface area contributed by atoms with Crippen LogP contribution in [0.4, 0.5) is 4.39 Å². The van der Waals surface area contributed by atoms with E-state index in [2.05, 4.69) is 34.3 Å². The summed E-state index contributed by atoms with van der Waals surface area (Å²) in [5.41, 5.74) is 1.75. The van der Waals surface area contributed by atoms with Crippen LogP contribution >= 0.6 is 0 Å². The molecule has 1 amide bonds. The molecular weight excluding hydrogens is 323 g/mol. The number of benzene rings is 1. The van der Waals surface area contributed by atoms with E-state index in [4.69, 9.17) is 4.52 Å². The fourth-order valence-electron chi connectivity index (χ4n) is 2.89. The van der Waals surface area contributed by atoms with Gasteiger partial charge in [-0.3, -0.25) is 4.79 Å². The zero-order valence-corrected chi connectivity index (χ0v) is 14.5.